The van der Waals surface area contributed by atoms with E-state index in [9.17, 15) is 28.0 Å². The quantitative estimate of drug-likeness (QED) is 0.0750. The first kappa shape index (κ1) is 57.2. The van der Waals surface area contributed by atoms with Gasteiger partial charge in [-0.15, -0.1) is 0 Å². The Morgan fingerprint density at radius 2 is 1.13 bits per heavy atom. The van der Waals surface area contributed by atoms with Crippen LogP contribution >= 0.6 is 0 Å². The third kappa shape index (κ3) is 15.3. The number of ketones is 2. The van der Waals surface area contributed by atoms with Crippen LogP contribution in [-0.4, -0.2) is 80.9 Å². The number of aromatic nitrogens is 2. The molecule has 4 aromatic carbocycles. The van der Waals surface area contributed by atoms with Crippen molar-refractivity contribution in [1.82, 2.24) is 20.2 Å². The second kappa shape index (κ2) is 25.1. The number of carbonyl (C=O) groups is 4. The number of nitrogens with zero attached hydrogens (tertiary/aromatic N) is 3. The number of allylic oxidation sites excluding steroid dienone is 2. The SMILES string of the molecule is C.CC1(F)CCNC1.Cc1cc(-c2ccc(C(=O)N3CCC(C)(F)C3)cc2)cc2cc(CCC(=O)/C=C/c3ccc(N)nc3)oc12.Cc1cc(-c2ccc(C(=O)O)cc2)cc2cc(CCC(=O)/C=C/c3ccc(N)nc3)oc12. The molecular weight excluding hydrogens is 991 g/mol. The van der Waals surface area contributed by atoms with Crippen LogP contribution in [0.3, 0.4) is 0 Å². The first-order valence-electron chi connectivity index (χ1n) is 25.5. The van der Waals surface area contributed by atoms with Crippen molar-refractivity contribution in [2.75, 3.05) is 37.6 Å². The Balaban J connectivity index is 0.000000200. The van der Waals surface area contributed by atoms with Crippen LogP contribution in [0.2, 0.25) is 0 Å². The van der Waals surface area contributed by atoms with Gasteiger partial charge in [0.1, 0.15) is 45.7 Å². The summed E-state index contributed by atoms with van der Waals surface area (Å²) < 4.78 is 38.8. The highest BCUT2D eigenvalue weighted by atomic mass is 19.1. The van der Waals surface area contributed by atoms with Gasteiger partial charge in [0.2, 0.25) is 0 Å². The number of nitrogens with two attached hydrogens (primary N) is 2. The number of carboxylic acid groups (broad SMARTS) is 1. The molecule has 6 N–H and O–H groups in total. The molecule has 2 unspecified atom stereocenters. The lowest BCUT2D eigenvalue weighted by Gasteiger charge is -2.17. The van der Waals surface area contributed by atoms with Crippen LogP contribution in [0.15, 0.2) is 143 Å². The summed E-state index contributed by atoms with van der Waals surface area (Å²) in [5, 5.41) is 13.9. The molecule has 0 aliphatic carbocycles. The highest BCUT2D eigenvalue weighted by molar-refractivity contribution is 5.96. The number of carboxylic acids is 1. The normalized spacial score (nSPS) is 16.9. The molecule has 2 atom stereocenters. The van der Waals surface area contributed by atoms with Gasteiger partial charge in [-0.2, -0.15) is 0 Å². The average molecular weight is 1060 g/mol. The number of anilines is 2. The van der Waals surface area contributed by atoms with Gasteiger partial charge in [0.25, 0.3) is 5.91 Å². The third-order valence-corrected chi connectivity index (χ3v) is 13.4. The lowest BCUT2D eigenvalue weighted by molar-refractivity contribution is -0.115. The predicted molar refractivity (Wildman–Crippen MR) is 306 cm³/mol. The van der Waals surface area contributed by atoms with E-state index in [1.165, 1.54) is 0 Å². The zero-order valence-corrected chi connectivity index (χ0v) is 43.6. The maximum Gasteiger partial charge on any atom is 0.335 e. The van der Waals surface area contributed by atoms with Crippen LogP contribution in [0.1, 0.15) is 101 Å². The monoisotopic (exact) mass is 1060 g/mol. The number of hydrogen-bond acceptors (Lipinski definition) is 11. The first-order chi connectivity index (χ1) is 36.8. The number of alkyl halides is 2. The van der Waals surface area contributed by atoms with Crippen molar-refractivity contribution >= 4 is 69.2 Å². The molecule has 1 amide bonds. The van der Waals surface area contributed by atoms with Crippen molar-refractivity contribution in [3.05, 3.63) is 179 Å². The van der Waals surface area contributed by atoms with Gasteiger partial charge in [0.05, 0.1) is 12.1 Å². The van der Waals surface area contributed by atoms with Crippen molar-refractivity contribution in [1.29, 1.82) is 0 Å². The Hall–Kier alpha value is -8.56. The second-order valence-electron chi connectivity index (χ2n) is 20.2. The summed E-state index contributed by atoms with van der Waals surface area (Å²) in [5.41, 5.74) is 18.8. The number of halogens is 2. The summed E-state index contributed by atoms with van der Waals surface area (Å²) in [6, 6.07) is 33.3. The van der Waals surface area contributed by atoms with Crippen molar-refractivity contribution in [3.63, 3.8) is 0 Å². The number of carbonyl (C=O) groups excluding carboxylic acids is 3. The summed E-state index contributed by atoms with van der Waals surface area (Å²) >= 11 is 0. The molecule has 6 heterocycles. The standard InChI is InChI=1S/C31H30FN3O3.C26H22N2O4.C5H10FN.CH4/c1-20-15-24(22-5-7-23(8-6-22)30(37)35-14-13-31(2,32)19-35)16-25-17-27(38-29(20)25)11-10-26(36)9-3-21-4-12-28(33)34-18-21;1-16-12-20(18-4-6-19(7-5-18)26(30)31)13-21-14-23(32-25(16)21)10-9-22(29)8-2-17-3-11-24(27)28-15-17;1-5(6)2-3-7-4-5;/h3-9,12,15-18H,10-11,13-14,19H2,1-2H3,(H2,33,34);2-8,11-15H,9-10H2,1H3,(H2,27,28)(H,30,31);7H,2-4H2,1H3;1H4/b9-3+;8-2+;;. The minimum atomic E-state index is -1.31. The van der Waals surface area contributed by atoms with Gasteiger partial charge in [0, 0.05) is 73.9 Å². The highest BCUT2D eigenvalue weighted by Gasteiger charge is 2.36. The van der Waals surface area contributed by atoms with Crippen molar-refractivity contribution < 1.29 is 41.9 Å². The maximum absolute atomic E-state index is 14.2. The molecule has 0 bridgehead atoms. The fraction of sp³-hybridized carbons (Fsp3) is 0.270. The molecule has 2 aliphatic heterocycles. The van der Waals surface area contributed by atoms with E-state index in [0.717, 1.165) is 84.5 Å². The predicted octanol–water partition coefficient (Wildman–Crippen LogP) is 12.8. The fourth-order valence-electron chi connectivity index (χ4n) is 9.09. The molecule has 404 valence electrons. The molecule has 0 radical (unpaired) electrons. The van der Waals surface area contributed by atoms with Crippen LogP contribution in [0.5, 0.6) is 0 Å². The summed E-state index contributed by atoms with van der Waals surface area (Å²) in [6.07, 6.45) is 12.5. The van der Waals surface area contributed by atoms with Gasteiger partial charge >= 0.3 is 5.97 Å². The Morgan fingerprint density at radius 1 is 0.654 bits per heavy atom. The Morgan fingerprint density at radius 3 is 1.50 bits per heavy atom. The van der Waals surface area contributed by atoms with Gasteiger partial charge in [-0.05, 0) is 194 Å². The number of fused-ring (bicyclic) bond motifs is 2. The number of rotatable bonds is 14. The molecule has 13 nitrogen and oxygen atoms in total. The highest BCUT2D eigenvalue weighted by Crippen LogP contribution is 2.33. The van der Waals surface area contributed by atoms with E-state index in [1.807, 2.05) is 56.3 Å². The number of pyridine rings is 2. The van der Waals surface area contributed by atoms with Gasteiger partial charge in [-0.1, -0.05) is 31.7 Å². The Bertz CT molecular complexity index is 3460. The molecule has 2 fully saturated rings. The summed E-state index contributed by atoms with van der Waals surface area (Å²) in [4.78, 5) is 58.0. The van der Waals surface area contributed by atoms with E-state index in [4.69, 9.17) is 25.4 Å². The first-order valence-corrected chi connectivity index (χ1v) is 25.5. The lowest BCUT2D eigenvalue weighted by Crippen LogP contribution is -2.31. The average Bonchev–Trinajstić information content (AvgIpc) is 4.30. The molecule has 0 saturated carbocycles. The van der Waals surface area contributed by atoms with E-state index < -0.39 is 17.3 Å². The largest absolute Gasteiger partial charge is 0.478 e. The topological polar surface area (TPSA) is 208 Å². The maximum atomic E-state index is 14.2. The number of benzene rings is 4. The van der Waals surface area contributed by atoms with Gasteiger partial charge in [0.15, 0.2) is 11.6 Å². The zero-order chi connectivity index (χ0) is 54.9. The molecule has 0 spiro atoms. The molecule has 4 aromatic heterocycles. The molecule has 10 rings (SSSR count). The van der Waals surface area contributed by atoms with Crippen LogP contribution < -0.4 is 16.8 Å². The Kier molecular flexibility index (Phi) is 18.4. The molecular formula is C63H66F2N6O7. The number of nitrogen functional groups attached to an aromatic ring is 2. The van der Waals surface area contributed by atoms with Crippen LogP contribution in [0, 0.1) is 13.8 Å². The number of amides is 1. The number of aryl methyl sites for hydroxylation is 4. The molecule has 8 aromatic rings. The smallest absolute Gasteiger partial charge is 0.335 e. The van der Waals surface area contributed by atoms with E-state index >= 15 is 0 Å². The van der Waals surface area contributed by atoms with Crippen LogP contribution in [0.25, 0.3) is 56.3 Å². The number of aromatic carboxylic acids is 1. The molecule has 2 saturated heterocycles. The van der Waals surface area contributed by atoms with E-state index in [2.05, 4.69) is 27.4 Å². The number of likely N-dealkylation sites (tertiary alicyclic amines) is 1. The molecule has 78 heavy (non-hydrogen) atoms. The number of furan rings is 2. The summed E-state index contributed by atoms with van der Waals surface area (Å²) in [5.74, 6) is 1.29. The fourth-order valence-corrected chi connectivity index (χ4v) is 9.09. The minimum Gasteiger partial charge on any atom is -0.478 e. The van der Waals surface area contributed by atoms with E-state index in [-0.39, 0.29) is 37.0 Å². The summed E-state index contributed by atoms with van der Waals surface area (Å²) in [7, 11) is 0. The van der Waals surface area contributed by atoms with Crippen LogP contribution in [0.4, 0.5) is 20.4 Å². The van der Waals surface area contributed by atoms with Gasteiger partial charge in [-0.25, -0.2) is 23.5 Å². The molecule has 15 heteroatoms. The van der Waals surface area contributed by atoms with Crippen molar-refractivity contribution in [2.45, 2.75) is 85.0 Å². The number of nitrogens with one attached hydrogen (secondary N) is 1. The van der Waals surface area contributed by atoms with Crippen molar-refractivity contribution in [2.24, 2.45) is 0 Å². The lowest BCUT2D eigenvalue weighted by atomic mass is 10.00. The number of hydrogen-bond donors (Lipinski definition) is 4. The van der Waals surface area contributed by atoms with Gasteiger partial charge in [-0.3, -0.25) is 14.4 Å². The summed E-state index contributed by atoms with van der Waals surface area (Å²) in [6.45, 7) is 9.08. The second-order valence-corrected chi connectivity index (χ2v) is 20.2. The molecule has 2 aliphatic rings. The Labute approximate surface area is 453 Å². The van der Waals surface area contributed by atoms with Crippen molar-refractivity contribution in [3.8, 4) is 22.3 Å². The van der Waals surface area contributed by atoms with E-state index in [0.29, 0.717) is 68.8 Å². The van der Waals surface area contributed by atoms with E-state index in [1.54, 1.807) is 110 Å². The zero-order valence-electron chi connectivity index (χ0n) is 43.6. The third-order valence-electron chi connectivity index (χ3n) is 13.4. The van der Waals surface area contributed by atoms with Crippen LogP contribution in [-0.2, 0) is 22.4 Å². The minimum absolute atomic E-state index is 0. The van der Waals surface area contributed by atoms with Gasteiger partial charge < -0.3 is 35.6 Å².